The lowest BCUT2D eigenvalue weighted by Crippen LogP contribution is -2.15. The third-order valence-electron chi connectivity index (χ3n) is 1.67. The van der Waals surface area contributed by atoms with Crippen LogP contribution in [-0.4, -0.2) is 22.9 Å². The maximum absolute atomic E-state index is 11.9. The zero-order valence-electron chi connectivity index (χ0n) is 7.90. The number of alkyl halides is 3. The highest BCUT2D eigenvalue weighted by Crippen LogP contribution is 2.21. The van der Waals surface area contributed by atoms with Crippen molar-refractivity contribution in [2.45, 2.75) is 19.5 Å². The zero-order valence-corrected chi connectivity index (χ0v) is 9.48. The average Bonchev–Trinajstić information content (AvgIpc) is 2.09. The van der Waals surface area contributed by atoms with Crippen LogP contribution in [0.2, 0.25) is 0 Å². The Morgan fingerprint density at radius 2 is 2.07 bits per heavy atom. The number of anilines is 1. The molecular weight excluding hydrogens is 275 g/mol. The zero-order chi connectivity index (χ0) is 11.5. The molecule has 1 aromatic rings. The average molecular weight is 284 g/mol. The van der Waals surface area contributed by atoms with Gasteiger partial charge in [0.1, 0.15) is 4.60 Å². The summed E-state index contributed by atoms with van der Waals surface area (Å²) >= 11 is 3.09. The molecule has 0 fully saturated rings. The van der Waals surface area contributed by atoms with Crippen molar-refractivity contribution in [1.29, 1.82) is 0 Å². The van der Waals surface area contributed by atoms with Gasteiger partial charge in [0.25, 0.3) is 0 Å². The molecule has 3 nitrogen and oxygen atoms in total. The Balaban J connectivity index is 2.54. The second-order valence-corrected chi connectivity index (χ2v) is 3.77. The smallest absolute Gasteiger partial charge is 0.383 e. The number of hydrogen-bond donors (Lipinski definition) is 1. The molecule has 0 atom stereocenters. The molecule has 0 bridgehead atoms. The van der Waals surface area contributed by atoms with Crippen LogP contribution in [0.3, 0.4) is 0 Å². The van der Waals surface area contributed by atoms with Crippen molar-refractivity contribution in [3.63, 3.8) is 0 Å². The van der Waals surface area contributed by atoms with Crippen LogP contribution >= 0.6 is 15.9 Å². The van der Waals surface area contributed by atoms with Gasteiger partial charge in [0, 0.05) is 6.54 Å². The van der Waals surface area contributed by atoms with Gasteiger partial charge in [-0.05, 0) is 28.9 Å². The maximum atomic E-state index is 11.9. The molecule has 7 heteroatoms. The Kier molecular flexibility index (Phi) is 3.90. The molecule has 0 unspecified atom stereocenters. The minimum Gasteiger partial charge on any atom is -0.383 e. The lowest BCUT2D eigenvalue weighted by atomic mass is 10.3. The molecule has 15 heavy (non-hydrogen) atoms. The van der Waals surface area contributed by atoms with E-state index in [0.29, 0.717) is 16.0 Å². The van der Waals surface area contributed by atoms with E-state index in [-0.39, 0.29) is 6.54 Å². The summed E-state index contributed by atoms with van der Waals surface area (Å²) in [6, 6.07) is 1.60. The monoisotopic (exact) mass is 283 g/mol. The number of rotatable bonds is 3. The number of aromatic nitrogens is 2. The molecule has 0 aliphatic heterocycles. The Morgan fingerprint density at radius 3 is 2.67 bits per heavy atom. The van der Waals surface area contributed by atoms with E-state index in [9.17, 15) is 13.2 Å². The Bertz CT molecular complexity index is 340. The van der Waals surface area contributed by atoms with Gasteiger partial charge in [-0.2, -0.15) is 18.3 Å². The van der Waals surface area contributed by atoms with Gasteiger partial charge in [0.15, 0.2) is 0 Å². The first kappa shape index (κ1) is 12.2. The first-order chi connectivity index (χ1) is 6.88. The van der Waals surface area contributed by atoms with Crippen molar-refractivity contribution in [3.05, 3.63) is 16.4 Å². The van der Waals surface area contributed by atoms with E-state index in [0.717, 1.165) is 0 Å². The van der Waals surface area contributed by atoms with Crippen LogP contribution in [0, 0.1) is 6.92 Å². The molecule has 1 aromatic heterocycles. The second kappa shape index (κ2) is 4.78. The van der Waals surface area contributed by atoms with Crippen molar-refractivity contribution in [1.82, 2.24) is 10.2 Å². The van der Waals surface area contributed by atoms with Gasteiger partial charge in [-0.25, -0.2) is 0 Å². The van der Waals surface area contributed by atoms with Crippen LogP contribution in [0.1, 0.15) is 12.1 Å². The third-order valence-corrected chi connectivity index (χ3v) is 2.06. The molecule has 0 saturated heterocycles. The number of aryl methyl sites for hydroxylation is 1. The molecule has 1 N–H and O–H groups in total. The van der Waals surface area contributed by atoms with Crippen LogP contribution in [0.5, 0.6) is 0 Å². The Hall–Kier alpha value is -0.850. The fourth-order valence-corrected chi connectivity index (χ4v) is 1.26. The molecule has 84 valence electrons. The third kappa shape index (κ3) is 4.46. The summed E-state index contributed by atoms with van der Waals surface area (Å²) < 4.78 is 36.1. The lowest BCUT2D eigenvalue weighted by Gasteiger charge is -2.10. The summed E-state index contributed by atoms with van der Waals surface area (Å²) in [6.45, 7) is 1.51. The van der Waals surface area contributed by atoms with E-state index in [4.69, 9.17) is 0 Å². The molecule has 0 aliphatic rings. The second-order valence-electron chi connectivity index (χ2n) is 2.96. The Labute approximate surface area is 93.2 Å². The lowest BCUT2D eigenvalue weighted by molar-refractivity contribution is -0.131. The van der Waals surface area contributed by atoms with Crippen molar-refractivity contribution in [2.75, 3.05) is 11.9 Å². The van der Waals surface area contributed by atoms with Gasteiger partial charge < -0.3 is 5.32 Å². The predicted octanol–water partition coefficient (Wildman–Crippen LogP) is 2.91. The highest BCUT2D eigenvalue weighted by Gasteiger charge is 2.26. The van der Waals surface area contributed by atoms with Crippen molar-refractivity contribution < 1.29 is 13.2 Å². The van der Waals surface area contributed by atoms with E-state index in [1.807, 2.05) is 0 Å². The van der Waals surface area contributed by atoms with Gasteiger partial charge in [-0.15, -0.1) is 5.10 Å². The fraction of sp³-hybridized carbons (Fsp3) is 0.500. The number of nitrogens with zero attached hydrogens (tertiary/aromatic N) is 2. The highest BCUT2D eigenvalue weighted by atomic mass is 79.9. The minimum atomic E-state index is -4.14. The molecule has 0 saturated carbocycles. The van der Waals surface area contributed by atoms with E-state index in [1.165, 1.54) is 0 Å². The molecule has 1 heterocycles. The normalized spacial score (nSPS) is 11.5. The van der Waals surface area contributed by atoms with Gasteiger partial charge in [0.05, 0.1) is 17.8 Å². The van der Waals surface area contributed by atoms with E-state index in [2.05, 4.69) is 31.4 Å². The van der Waals surface area contributed by atoms with E-state index >= 15 is 0 Å². The summed E-state index contributed by atoms with van der Waals surface area (Å²) in [7, 11) is 0. The standard InChI is InChI=1S/C8H9BrF3N3/c1-5-6(4-7(9)15-14-5)13-3-2-8(10,11)12/h4H,2-3H2,1H3,(H,13,15). The van der Waals surface area contributed by atoms with Crippen LogP contribution < -0.4 is 5.32 Å². The molecule has 0 aliphatic carbocycles. The van der Waals surface area contributed by atoms with Gasteiger partial charge in [-0.3, -0.25) is 0 Å². The molecule has 1 rings (SSSR count). The summed E-state index contributed by atoms with van der Waals surface area (Å²) in [5, 5.41) is 10.1. The van der Waals surface area contributed by atoms with Crippen LogP contribution in [0.4, 0.5) is 18.9 Å². The molecule has 0 amide bonds. The van der Waals surface area contributed by atoms with Crippen molar-refractivity contribution >= 4 is 21.6 Å². The molecule has 0 aromatic carbocycles. The fourth-order valence-electron chi connectivity index (χ4n) is 0.947. The minimum absolute atomic E-state index is 0.164. The van der Waals surface area contributed by atoms with Crippen molar-refractivity contribution in [3.8, 4) is 0 Å². The quantitative estimate of drug-likeness (QED) is 0.927. The molecule has 0 radical (unpaired) electrons. The van der Waals surface area contributed by atoms with Crippen LogP contribution in [0.25, 0.3) is 0 Å². The molecular formula is C8H9BrF3N3. The van der Waals surface area contributed by atoms with E-state index in [1.54, 1.807) is 13.0 Å². The summed E-state index contributed by atoms with van der Waals surface area (Å²) in [5.74, 6) is 0. The number of halogens is 4. The van der Waals surface area contributed by atoms with Gasteiger partial charge in [-0.1, -0.05) is 0 Å². The first-order valence-corrected chi connectivity index (χ1v) is 4.98. The summed E-state index contributed by atoms with van der Waals surface area (Å²) in [6.07, 6.45) is -5.01. The summed E-state index contributed by atoms with van der Waals surface area (Å²) in [4.78, 5) is 0. The molecule has 0 spiro atoms. The predicted molar refractivity (Wildman–Crippen MR) is 53.6 cm³/mol. The Morgan fingerprint density at radius 1 is 1.40 bits per heavy atom. The first-order valence-electron chi connectivity index (χ1n) is 4.19. The van der Waals surface area contributed by atoms with E-state index < -0.39 is 12.6 Å². The van der Waals surface area contributed by atoms with Gasteiger partial charge in [0.2, 0.25) is 0 Å². The number of nitrogens with one attached hydrogen (secondary N) is 1. The summed E-state index contributed by atoms with van der Waals surface area (Å²) in [5.41, 5.74) is 1.13. The van der Waals surface area contributed by atoms with Crippen molar-refractivity contribution in [2.24, 2.45) is 0 Å². The maximum Gasteiger partial charge on any atom is 0.390 e. The van der Waals surface area contributed by atoms with Crippen LogP contribution in [-0.2, 0) is 0 Å². The highest BCUT2D eigenvalue weighted by molar-refractivity contribution is 9.10. The number of hydrogen-bond acceptors (Lipinski definition) is 3. The topological polar surface area (TPSA) is 37.8 Å². The van der Waals surface area contributed by atoms with Gasteiger partial charge >= 0.3 is 6.18 Å². The SMILES string of the molecule is Cc1nnc(Br)cc1NCCC(F)(F)F. The van der Waals surface area contributed by atoms with Crippen LogP contribution in [0.15, 0.2) is 10.7 Å². The largest absolute Gasteiger partial charge is 0.390 e.